The van der Waals surface area contributed by atoms with Gasteiger partial charge in [-0.15, -0.1) is 0 Å². The van der Waals surface area contributed by atoms with E-state index in [4.69, 9.17) is 4.42 Å². The Bertz CT molecular complexity index is 2580. The molecule has 0 spiro atoms. The van der Waals surface area contributed by atoms with E-state index in [-0.39, 0.29) is 147 Å². The Kier molecular flexibility index (Phi) is 22.5. The Morgan fingerprint density at radius 3 is 1.89 bits per heavy atom. The number of anilines is 1. The predicted octanol–water partition coefficient (Wildman–Crippen LogP) is -5.89. The molecule has 1 unspecified atom stereocenters. The third-order valence-electron chi connectivity index (χ3n) is 9.90. The molecule has 1 N–H and O–H groups in total. The summed E-state index contributed by atoms with van der Waals surface area (Å²) < 4.78 is 147. The van der Waals surface area contributed by atoms with Crippen LogP contribution in [0.4, 0.5) is 5.69 Å². The molecule has 1 aromatic rings. The molecule has 4 rings (SSSR count). The maximum absolute atomic E-state index is 12.1. The van der Waals surface area contributed by atoms with Crippen LogP contribution in [-0.4, -0.2) is 99.9 Å². The zero-order valence-electron chi connectivity index (χ0n) is 35.9. The van der Waals surface area contributed by atoms with E-state index < -0.39 is 79.4 Å². The first-order chi connectivity index (χ1) is 27.1. The van der Waals surface area contributed by atoms with Crippen LogP contribution in [0.3, 0.4) is 0 Å². The molecule has 0 fully saturated rings. The molecule has 0 radical (unpaired) electrons. The van der Waals surface area contributed by atoms with E-state index in [9.17, 15) is 61.8 Å². The molecular weight excluding hydrogens is 922 g/mol. The number of rotatable bonds is 19. The summed E-state index contributed by atoms with van der Waals surface area (Å²) in [5.41, 5.74) is 0.987. The van der Waals surface area contributed by atoms with Gasteiger partial charge in [-0.3, -0.25) is 4.79 Å². The second-order valence-corrected chi connectivity index (χ2v) is 21.6. The number of hydrogen-bond acceptors (Lipinski definition) is 15. The largest absolute Gasteiger partial charge is 1.00 e. The van der Waals surface area contributed by atoms with Crippen LogP contribution in [0.1, 0.15) is 83.1 Å². The van der Waals surface area contributed by atoms with Gasteiger partial charge < -0.3 is 32.6 Å². The van der Waals surface area contributed by atoms with E-state index in [0.29, 0.717) is 45.0 Å². The van der Waals surface area contributed by atoms with Crippen molar-refractivity contribution >= 4 is 58.2 Å². The number of nitrogens with zero attached hydrogens (tertiary/aromatic N) is 2. The van der Waals surface area contributed by atoms with Gasteiger partial charge in [-0.05, 0) is 73.7 Å². The van der Waals surface area contributed by atoms with Crippen LogP contribution in [0.2, 0.25) is 0 Å². The third kappa shape index (κ3) is 17.4. The third-order valence-corrected chi connectivity index (χ3v) is 13.1. The molecular formula is C38H47N2Na3O15S4. The van der Waals surface area contributed by atoms with Crippen molar-refractivity contribution in [2.45, 2.75) is 81.9 Å². The summed E-state index contributed by atoms with van der Waals surface area (Å²) >= 11 is 0. The summed E-state index contributed by atoms with van der Waals surface area (Å²) in [5, 5.41) is 9.88. The number of hydrogen-bond donors (Lipinski definition) is 1. The minimum atomic E-state index is -4.91. The minimum absolute atomic E-state index is 0. The molecule has 2 aliphatic heterocycles. The second-order valence-electron chi connectivity index (χ2n) is 15.6. The first-order valence-electron chi connectivity index (χ1n) is 18.5. The average molecular weight is 969 g/mol. The van der Waals surface area contributed by atoms with Gasteiger partial charge in [-0.1, -0.05) is 32.9 Å². The van der Waals surface area contributed by atoms with Gasteiger partial charge in [-0.2, -0.15) is 0 Å². The molecule has 62 heavy (non-hydrogen) atoms. The molecule has 0 amide bonds. The first kappa shape index (κ1) is 59.1. The monoisotopic (exact) mass is 968 g/mol. The predicted molar refractivity (Wildman–Crippen MR) is 214 cm³/mol. The van der Waals surface area contributed by atoms with Crippen molar-refractivity contribution in [2.24, 2.45) is 0 Å². The molecule has 1 aliphatic carbocycles. The van der Waals surface area contributed by atoms with Crippen molar-refractivity contribution < 1.29 is 155 Å². The number of carbonyl (C=O) groups is 1. The van der Waals surface area contributed by atoms with E-state index >= 15 is 0 Å². The second kappa shape index (κ2) is 23.7. The van der Waals surface area contributed by atoms with E-state index in [1.165, 1.54) is 12.1 Å². The van der Waals surface area contributed by atoms with Crippen LogP contribution >= 0.6 is 0 Å². The van der Waals surface area contributed by atoms with Crippen molar-refractivity contribution in [1.82, 2.24) is 4.58 Å². The number of aliphatic carboxylic acids is 1. The van der Waals surface area contributed by atoms with Gasteiger partial charge in [0, 0.05) is 76.9 Å². The van der Waals surface area contributed by atoms with Gasteiger partial charge in [0.1, 0.15) is 34.7 Å². The van der Waals surface area contributed by atoms with Crippen molar-refractivity contribution in [2.75, 3.05) is 41.8 Å². The first-order valence-corrected chi connectivity index (χ1v) is 24.7. The molecule has 17 nitrogen and oxygen atoms in total. The Hall–Kier alpha value is -0.960. The number of benzene rings is 2. The zero-order valence-corrected chi connectivity index (χ0v) is 45.2. The molecule has 0 aromatic heterocycles. The summed E-state index contributed by atoms with van der Waals surface area (Å²) in [5.74, 6) is -2.12. The summed E-state index contributed by atoms with van der Waals surface area (Å²) in [6.07, 6.45) is 4.96. The fourth-order valence-electron chi connectivity index (χ4n) is 7.06. The normalized spacial score (nSPS) is 16.5. The quantitative estimate of drug-likeness (QED) is 0.0665. The molecule has 0 bridgehead atoms. The van der Waals surface area contributed by atoms with Crippen molar-refractivity contribution in [1.29, 1.82) is 0 Å². The summed E-state index contributed by atoms with van der Waals surface area (Å²) in [6, 6.07) is 10.7. The standard InChI is InChI=1S/C38H50N2O15S4.3Na/c1-37(2,3)35-24-27(30-15-13-28(25-33(30)55-35)39(18-8-22-57(46,47)48)19-9-23-58(49,50)51)10-5-11-34-38(4,17-7-21-56(43,44)45)31-26-29(59(52,53)54)14-16-32(31)40(34)20-6-12-36(41)42;;;/h5,10-11,13-16,24-26H,6-9,12,17-23H2,1-4H3,(H4-,41,42,43,44,45,46,47,48,49,50,51,52,53,54);;;/q;3*+1/p-3. The van der Waals surface area contributed by atoms with E-state index in [0.717, 1.165) is 6.07 Å². The van der Waals surface area contributed by atoms with Gasteiger partial charge in [0.15, 0.2) is 0 Å². The van der Waals surface area contributed by atoms with Gasteiger partial charge in [0.05, 0.1) is 41.3 Å². The Morgan fingerprint density at radius 1 is 0.806 bits per heavy atom. The van der Waals surface area contributed by atoms with Crippen LogP contribution in [0.5, 0.6) is 0 Å². The maximum Gasteiger partial charge on any atom is 1.00 e. The summed E-state index contributed by atoms with van der Waals surface area (Å²) in [6.45, 7) is 7.75. The van der Waals surface area contributed by atoms with Gasteiger partial charge in [-0.25, -0.2) is 38.2 Å². The zero-order chi connectivity index (χ0) is 44.2. The van der Waals surface area contributed by atoms with Crippen LogP contribution in [0.15, 0.2) is 69.6 Å². The smallest absolute Gasteiger partial charge is 0.748 e. The Labute approximate surface area is 430 Å². The Balaban J connectivity index is 0.00000641. The molecule has 0 saturated carbocycles. The average Bonchev–Trinajstić information content (AvgIpc) is 3.30. The minimum Gasteiger partial charge on any atom is -0.748 e. The number of allylic oxidation sites excluding steroid dienone is 3. The number of fused-ring (bicyclic) bond motifs is 2. The SMILES string of the molecule is CC(C)(C)c1cc(/C=C/C=C2/N(CCCC(=O)O)c3ccc(S(=O)(=O)[O-])cc3C2(C)CCCS(=O)(=O)[O-])c2ccc(=[N+](CCCS(=O)(=O)[O-])CCCS(=O)(=O)[O-])cc-2o1.[Na+].[Na+].[Na+]. The summed E-state index contributed by atoms with van der Waals surface area (Å²) in [4.78, 5) is 12.7. The van der Waals surface area contributed by atoms with Crippen molar-refractivity contribution in [3.63, 3.8) is 0 Å². The number of carboxylic acid groups (broad SMARTS) is 1. The van der Waals surface area contributed by atoms with E-state index in [2.05, 4.69) is 0 Å². The van der Waals surface area contributed by atoms with Crippen LogP contribution in [0, 0.1) is 0 Å². The molecule has 326 valence electrons. The van der Waals surface area contributed by atoms with Crippen LogP contribution in [-0.2, 0) is 56.1 Å². The van der Waals surface area contributed by atoms with Crippen LogP contribution in [0.25, 0.3) is 17.4 Å². The number of carboxylic acids is 1. The van der Waals surface area contributed by atoms with Crippen molar-refractivity contribution in [3.8, 4) is 11.3 Å². The molecule has 1 aromatic carbocycles. The molecule has 24 heteroatoms. The van der Waals surface area contributed by atoms with Crippen LogP contribution < -0.4 is 104 Å². The Morgan fingerprint density at radius 2 is 1.37 bits per heavy atom. The van der Waals surface area contributed by atoms with Gasteiger partial charge in [0.2, 0.25) is 5.36 Å². The fourth-order valence-corrected chi connectivity index (χ4v) is 9.02. The molecule has 2 heterocycles. The molecule has 3 aliphatic rings. The van der Waals surface area contributed by atoms with E-state index in [1.54, 1.807) is 52.8 Å². The maximum atomic E-state index is 12.1. The topological polar surface area (TPSA) is 285 Å². The summed E-state index contributed by atoms with van der Waals surface area (Å²) in [7, 11) is -18.6. The van der Waals surface area contributed by atoms with Crippen molar-refractivity contribution in [3.05, 3.63) is 82.6 Å². The van der Waals surface area contributed by atoms with Gasteiger partial charge >= 0.3 is 94.6 Å². The molecule has 1 atom stereocenters. The van der Waals surface area contributed by atoms with E-state index in [1.807, 2.05) is 26.8 Å². The fraction of sp³-hybridized carbons (Fsp3) is 0.474. The van der Waals surface area contributed by atoms with Gasteiger partial charge in [0.25, 0.3) is 0 Å². The molecule has 0 saturated heterocycles.